The molecule has 6 nitrogen and oxygen atoms in total. The molecule has 0 spiro atoms. The first-order valence-electron chi connectivity index (χ1n) is 9.41. The molecule has 0 radical (unpaired) electrons. The molecule has 25 heavy (non-hydrogen) atoms. The topological polar surface area (TPSA) is 58.9 Å². The van der Waals surface area contributed by atoms with Gasteiger partial charge in [0.15, 0.2) is 0 Å². The van der Waals surface area contributed by atoms with Crippen molar-refractivity contribution in [3.05, 3.63) is 35.8 Å². The van der Waals surface area contributed by atoms with Crippen molar-refractivity contribution in [2.24, 2.45) is 5.92 Å². The molecule has 1 aliphatic heterocycles. The Morgan fingerprint density at radius 2 is 2.12 bits per heavy atom. The van der Waals surface area contributed by atoms with E-state index in [-0.39, 0.29) is 0 Å². The SMILES string of the molecule is Cc1ccnn1CCNc1ccc(CC2CCCN(C(C)C)C2)nn1. The third kappa shape index (κ3) is 5.01. The highest BCUT2D eigenvalue weighted by Gasteiger charge is 2.22. The maximum atomic E-state index is 4.42. The highest BCUT2D eigenvalue weighted by Crippen LogP contribution is 2.21. The second kappa shape index (κ2) is 8.43. The van der Waals surface area contributed by atoms with Gasteiger partial charge in [-0.15, -0.1) is 5.10 Å². The Labute approximate surface area is 150 Å². The van der Waals surface area contributed by atoms with E-state index in [1.54, 1.807) is 0 Å². The number of likely N-dealkylation sites (tertiary alicyclic amines) is 1. The van der Waals surface area contributed by atoms with Crippen molar-refractivity contribution < 1.29 is 0 Å². The van der Waals surface area contributed by atoms with Gasteiger partial charge in [-0.25, -0.2) is 0 Å². The van der Waals surface area contributed by atoms with Crippen molar-refractivity contribution in [1.82, 2.24) is 24.9 Å². The first-order valence-corrected chi connectivity index (χ1v) is 9.41. The van der Waals surface area contributed by atoms with Gasteiger partial charge in [-0.05, 0) is 70.7 Å². The maximum Gasteiger partial charge on any atom is 0.148 e. The van der Waals surface area contributed by atoms with E-state index >= 15 is 0 Å². The van der Waals surface area contributed by atoms with Crippen LogP contribution in [0.3, 0.4) is 0 Å². The van der Waals surface area contributed by atoms with Gasteiger partial charge < -0.3 is 10.2 Å². The van der Waals surface area contributed by atoms with E-state index < -0.39 is 0 Å². The molecule has 0 saturated carbocycles. The molecule has 1 unspecified atom stereocenters. The van der Waals surface area contributed by atoms with E-state index in [0.29, 0.717) is 12.0 Å². The third-order valence-corrected chi connectivity index (χ3v) is 5.06. The first-order chi connectivity index (χ1) is 12.1. The molecule has 1 fully saturated rings. The lowest BCUT2D eigenvalue weighted by atomic mass is 9.92. The second-order valence-electron chi connectivity index (χ2n) is 7.33. The average Bonchev–Trinajstić information content (AvgIpc) is 3.02. The number of hydrogen-bond donors (Lipinski definition) is 1. The Morgan fingerprint density at radius 1 is 1.24 bits per heavy atom. The molecule has 2 aromatic rings. The first kappa shape index (κ1) is 17.9. The lowest BCUT2D eigenvalue weighted by Gasteiger charge is -2.35. The smallest absolute Gasteiger partial charge is 0.148 e. The zero-order valence-corrected chi connectivity index (χ0v) is 15.6. The molecular weight excluding hydrogens is 312 g/mol. The van der Waals surface area contributed by atoms with Crippen LogP contribution in [0.4, 0.5) is 5.82 Å². The quantitative estimate of drug-likeness (QED) is 0.838. The van der Waals surface area contributed by atoms with Gasteiger partial charge in [0.1, 0.15) is 5.82 Å². The molecule has 2 aromatic heterocycles. The normalized spacial score (nSPS) is 18.6. The number of aryl methyl sites for hydroxylation is 1. The van der Waals surface area contributed by atoms with Gasteiger partial charge in [0.2, 0.25) is 0 Å². The van der Waals surface area contributed by atoms with Crippen molar-refractivity contribution in [3.63, 3.8) is 0 Å². The zero-order chi connectivity index (χ0) is 17.6. The molecule has 0 bridgehead atoms. The van der Waals surface area contributed by atoms with Gasteiger partial charge in [-0.1, -0.05) is 0 Å². The summed E-state index contributed by atoms with van der Waals surface area (Å²) in [4.78, 5) is 2.58. The number of hydrogen-bond acceptors (Lipinski definition) is 5. The number of rotatable bonds is 7. The van der Waals surface area contributed by atoms with E-state index in [1.807, 2.05) is 23.0 Å². The Hall–Kier alpha value is -1.95. The molecule has 6 heteroatoms. The van der Waals surface area contributed by atoms with Crippen molar-refractivity contribution >= 4 is 5.82 Å². The largest absolute Gasteiger partial charge is 0.367 e. The van der Waals surface area contributed by atoms with Gasteiger partial charge in [-0.2, -0.15) is 10.2 Å². The molecule has 3 heterocycles. The van der Waals surface area contributed by atoms with E-state index in [2.05, 4.69) is 52.4 Å². The fourth-order valence-electron chi connectivity index (χ4n) is 3.51. The Kier molecular flexibility index (Phi) is 6.02. The lowest BCUT2D eigenvalue weighted by molar-refractivity contribution is 0.139. The van der Waals surface area contributed by atoms with Crippen LogP contribution in [0, 0.1) is 12.8 Å². The number of anilines is 1. The van der Waals surface area contributed by atoms with E-state index in [4.69, 9.17) is 0 Å². The van der Waals surface area contributed by atoms with Crippen LogP contribution in [-0.2, 0) is 13.0 Å². The summed E-state index contributed by atoms with van der Waals surface area (Å²) in [6, 6.07) is 6.81. The Bertz CT molecular complexity index is 648. The second-order valence-corrected chi connectivity index (χ2v) is 7.33. The van der Waals surface area contributed by atoms with Crippen molar-refractivity contribution in [3.8, 4) is 0 Å². The van der Waals surface area contributed by atoms with Crippen molar-refractivity contribution in [1.29, 1.82) is 0 Å². The van der Waals surface area contributed by atoms with Gasteiger partial charge >= 0.3 is 0 Å². The summed E-state index contributed by atoms with van der Waals surface area (Å²) >= 11 is 0. The molecule has 3 rings (SSSR count). The molecule has 0 aromatic carbocycles. The maximum absolute atomic E-state index is 4.42. The van der Waals surface area contributed by atoms with Gasteiger partial charge in [0.05, 0.1) is 12.2 Å². The molecule has 1 saturated heterocycles. The minimum atomic E-state index is 0.638. The van der Waals surface area contributed by atoms with Gasteiger partial charge in [0, 0.05) is 31.0 Å². The number of aromatic nitrogens is 4. The van der Waals surface area contributed by atoms with Gasteiger partial charge in [0.25, 0.3) is 0 Å². The van der Waals surface area contributed by atoms with Crippen LogP contribution >= 0.6 is 0 Å². The van der Waals surface area contributed by atoms with E-state index in [9.17, 15) is 0 Å². The van der Waals surface area contributed by atoms with E-state index in [1.165, 1.54) is 31.6 Å². The van der Waals surface area contributed by atoms with Crippen LogP contribution in [0.5, 0.6) is 0 Å². The fraction of sp³-hybridized carbons (Fsp3) is 0.632. The van der Waals surface area contributed by atoms with Crippen LogP contribution in [0.1, 0.15) is 38.1 Å². The summed E-state index contributed by atoms with van der Waals surface area (Å²) in [6.07, 6.45) is 5.45. The minimum absolute atomic E-state index is 0.638. The lowest BCUT2D eigenvalue weighted by Crippen LogP contribution is -2.40. The molecule has 0 amide bonds. The molecular formula is C19H30N6. The average molecular weight is 342 g/mol. The van der Waals surface area contributed by atoms with Crippen LogP contribution in [0.25, 0.3) is 0 Å². The Balaban J connectivity index is 1.46. The standard InChI is InChI=1S/C19H30N6/c1-15(2)24-11-4-5-17(14-24)13-18-6-7-19(23-22-18)20-10-12-25-16(3)8-9-21-25/h6-9,15,17H,4-5,10-14H2,1-3H3,(H,20,23). The third-order valence-electron chi connectivity index (χ3n) is 5.06. The molecule has 136 valence electrons. The van der Waals surface area contributed by atoms with Crippen LogP contribution in [0.15, 0.2) is 24.4 Å². The number of piperidine rings is 1. The number of nitrogens with zero attached hydrogens (tertiary/aromatic N) is 5. The summed E-state index contributed by atoms with van der Waals surface area (Å²) in [5.41, 5.74) is 2.27. The molecule has 1 N–H and O–H groups in total. The monoisotopic (exact) mass is 342 g/mol. The molecule has 0 aliphatic carbocycles. The zero-order valence-electron chi connectivity index (χ0n) is 15.6. The molecule has 1 atom stereocenters. The van der Waals surface area contributed by atoms with Crippen molar-refractivity contribution in [2.45, 2.75) is 52.6 Å². The highest BCUT2D eigenvalue weighted by atomic mass is 15.3. The predicted octanol–water partition coefficient (Wildman–Crippen LogP) is 2.76. The summed E-state index contributed by atoms with van der Waals surface area (Å²) in [6.45, 7) is 10.7. The molecule has 1 aliphatic rings. The fourth-order valence-corrected chi connectivity index (χ4v) is 3.51. The van der Waals surface area contributed by atoms with Crippen LogP contribution in [-0.4, -0.2) is 50.6 Å². The highest BCUT2D eigenvalue weighted by molar-refractivity contribution is 5.32. The number of nitrogens with one attached hydrogen (secondary N) is 1. The van der Waals surface area contributed by atoms with Gasteiger partial charge in [-0.3, -0.25) is 4.68 Å². The minimum Gasteiger partial charge on any atom is -0.367 e. The van der Waals surface area contributed by atoms with Crippen LogP contribution in [0.2, 0.25) is 0 Å². The Morgan fingerprint density at radius 3 is 2.80 bits per heavy atom. The van der Waals surface area contributed by atoms with E-state index in [0.717, 1.165) is 31.0 Å². The summed E-state index contributed by atoms with van der Waals surface area (Å²) < 4.78 is 1.98. The summed E-state index contributed by atoms with van der Waals surface area (Å²) in [5, 5.41) is 16.4. The van der Waals surface area contributed by atoms with Crippen LogP contribution < -0.4 is 5.32 Å². The summed E-state index contributed by atoms with van der Waals surface area (Å²) in [7, 11) is 0. The summed E-state index contributed by atoms with van der Waals surface area (Å²) in [5.74, 6) is 1.54. The van der Waals surface area contributed by atoms with Crippen molar-refractivity contribution in [2.75, 3.05) is 25.0 Å². The predicted molar refractivity (Wildman–Crippen MR) is 101 cm³/mol.